The first-order valence-electron chi connectivity index (χ1n) is 6.16. The van der Waals surface area contributed by atoms with Crippen molar-refractivity contribution in [3.05, 3.63) is 29.8 Å². The Hall–Kier alpha value is -1.51. The predicted molar refractivity (Wildman–Crippen MR) is 68.5 cm³/mol. The smallest absolute Gasteiger partial charge is 0.303 e. The van der Waals surface area contributed by atoms with Gasteiger partial charge in [0, 0.05) is 18.3 Å². The second-order valence-electron chi connectivity index (χ2n) is 4.92. The van der Waals surface area contributed by atoms with Crippen LogP contribution < -0.4 is 4.90 Å². The summed E-state index contributed by atoms with van der Waals surface area (Å²) < 4.78 is 0. The molecule has 1 heterocycles. The van der Waals surface area contributed by atoms with Crippen LogP contribution in [-0.4, -0.2) is 23.7 Å². The van der Waals surface area contributed by atoms with E-state index in [1.54, 1.807) is 0 Å². The lowest BCUT2D eigenvalue weighted by Gasteiger charge is -2.40. The molecule has 2 atom stereocenters. The normalized spacial score (nSPS) is 20.8. The van der Waals surface area contributed by atoms with Crippen molar-refractivity contribution < 1.29 is 9.90 Å². The van der Waals surface area contributed by atoms with Crippen LogP contribution in [0, 0.1) is 0 Å². The molecule has 92 valence electrons. The van der Waals surface area contributed by atoms with Gasteiger partial charge in [0.05, 0.1) is 6.42 Å². The Balaban J connectivity index is 2.04. The van der Waals surface area contributed by atoms with Gasteiger partial charge in [-0.25, -0.2) is 0 Å². The zero-order valence-electron chi connectivity index (χ0n) is 10.4. The first kappa shape index (κ1) is 12.0. The summed E-state index contributed by atoms with van der Waals surface area (Å²) in [7, 11) is 0. The third-order valence-corrected chi connectivity index (χ3v) is 3.59. The highest BCUT2D eigenvalue weighted by Crippen LogP contribution is 2.28. The molecular weight excluding hydrogens is 214 g/mol. The number of rotatable bonds is 4. The molecular formula is C14H19NO2. The van der Waals surface area contributed by atoms with Crippen LogP contribution in [0.25, 0.3) is 0 Å². The molecule has 3 heteroatoms. The maximum absolute atomic E-state index is 10.6. The first-order valence-corrected chi connectivity index (χ1v) is 6.16. The molecule has 0 saturated carbocycles. The maximum atomic E-state index is 10.6. The lowest BCUT2D eigenvalue weighted by molar-refractivity contribution is -0.137. The van der Waals surface area contributed by atoms with Gasteiger partial charge < -0.3 is 10.0 Å². The van der Waals surface area contributed by atoms with Crippen molar-refractivity contribution in [1.82, 2.24) is 0 Å². The van der Waals surface area contributed by atoms with Crippen LogP contribution in [0.5, 0.6) is 0 Å². The highest BCUT2D eigenvalue weighted by molar-refractivity contribution is 5.68. The first-order chi connectivity index (χ1) is 8.08. The minimum atomic E-state index is -0.738. The van der Waals surface area contributed by atoms with Gasteiger partial charge in [0.2, 0.25) is 0 Å². The van der Waals surface area contributed by atoms with Crippen molar-refractivity contribution in [1.29, 1.82) is 0 Å². The van der Waals surface area contributed by atoms with Gasteiger partial charge in [-0.1, -0.05) is 19.1 Å². The largest absolute Gasteiger partial charge is 0.481 e. The minimum absolute atomic E-state index is 0.0790. The average Bonchev–Trinajstić information content (AvgIpc) is 2.27. The van der Waals surface area contributed by atoms with E-state index in [9.17, 15) is 4.79 Å². The minimum Gasteiger partial charge on any atom is -0.481 e. The SMILES string of the molecule is CC(CC(=O)O)c1ccc(N2CCC2C)cc1. The van der Waals surface area contributed by atoms with Gasteiger partial charge in [0.25, 0.3) is 0 Å². The van der Waals surface area contributed by atoms with Crippen molar-refractivity contribution in [2.45, 2.75) is 38.6 Å². The number of hydrogen-bond donors (Lipinski definition) is 1. The molecule has 2 unspecified atom stereocenters. The Kier molecular flexibility index (Phi) is 3.36. The molecule has 0 aliphatic carbocycles. The molecule has 0 amide bonds. The second kappa shape index (κ2) is 4.78. The molecule has 1 N–H and O–H groups in total. The van der Waals surface area contributed by atoms with E-state index in [-0.39, 0.29) is 12.3 Å². The van der Waals surface area contributed by atoms with Crippen LogP contribution in [0.4, 0.5) is 5.69 Å². The summed E-state index contributed by atoms with van der Waals surface area (Å²) in [5, 5.41) is 8.76. The van der Waals surface area contributed by atoms with Crippen LogP contribution in [0.15, 0.2) is 24.3 Å². The molecule has 17 heavy (non-hydrogen) atoms. The molecule has 1 aliphatic heterocycles. The van der Waals surface area contributed by atoms with Gasteiger partial charge >= 0.3 is 5.97 Å². The van der Waals surface area contributed by atoms with E-state index in [2.05, 4.69) is 24.0 Å². The molecule has 1 aromatic carbocycles. The quantitative estimate of drug-likeness (QED) is 0.869. The summed E-state index contributed by atoms with van der Waals surface area (Å²) in [6, 6.07) is 8.94. The van der Waals surface area contributed by atoms with Gasteiger partial charge in [0.1, 0.15) is 0 Å². The standard InChI is InChI=1S/C14H19NO2/c1-10(9-14(16)17)12-3-5-13(6-4-12)15-8-7-11(15)2/h3-6,10-11H,7-9H2,1-2H3,(H,16,17). The Labute approximate surface area is 102 Å². The van der Waals surface area contributed by atoms with Gasteiger partial charge in [-0.3, -0.25) is 4.79 Å². The molecule has 0 spiro atoms. The van der Waals surface area contributed by atoms with Crippen LogP contribution in [0.2, 0.25) is 0 Å². The fraction of sp³-hybridized carbons (Fsp3) is 0.500. The van der Waals surface area contributed by atoms with Crippen LogP contribution in [0.3, 0.4) is 0 Å². The third kappa shape index (κ3) is 2.60. The van der Waals surface area contributed by atoms with Crippen LogP contribution in [-0.2, 0) is 4.79 Å². The molecule has 0 radical (unpaired) electrons. The number of benzene rings is 1. The predicted octanol–water partition coefficient (Wildman–Crippen LogP) is 2.86. The summed E-state index contributed by atoms with van der Waals surface area (Å²) in [5.74, 6) is -0.659. The molecule has 1 aliphatic rings. The van der Waals surface area contributed by atoms with E-state index in [1.165, 1.54) is 12.1 Å². The van der Waals surface area contributed by atoms with E-state index in [4.69, 9.17) is 5.11 Å². The monoisotopic (exact) mass is 233 g/mol. The van der Waals surface area contributed by atoms with E-state index in [0.717, 1.165) is 12.1 Å². The van der Waals surface area contributed by atoms with Crippen molar-refractivity contribution >= 4 is 11.7 Å². The summed E-state index contributed by atoms with van der Waals surface area (Å²) >= 11 is 0. The number of anilines is 1. The van der Waals surface area contributed by atoms with Crippen LogP contribution in [0.1, 0.15) is 38.2 Å². The fourth-order valence-electron chi connectivity index (χ4n) is 2.27. The number of carbonyl (C=O) groups is 1. The summed E-state index contributed by atoms with van der Waals surface area (Å²) in [6.45, 7) is 5.31. The van der Waals surface area contributed by atoms with E-state index in [0.29, 0.717) is 6.04 Å². The number of aliphatic carboxylic acids is 1. The number of carboxylic acid groups (broad SMARTS) is 1. The summed E-state index contributed by atoms with van der Waals surface area (Å²) in [6.07, 6.45) is 1.45. The van der Waals surface area contributed by atoms with Crippen LogP contribution >= 0.6 is 0 Å². The zero-order valence-corrected chi connectivity index (χ0v) is 10.4. The van der Waals surface area contributed by atoms with Crippen molar-refractivity contribution in [3.8, 4) is 0 Å². The van der Waals surface area contributed by atoms with Gasteiger partial charge in [-0.15, -0.1) is 0 Å². The molecule has 1 aromatic rings. The van der Waals surface area contributed by atoms with E-state index in [1.807, 2.05) is 19.1 Å². The highest BCUT2D eigenvalue weighted by Gasteiger charge is 2.23. The molecule has 0 bridgehead atoms. The Morgan fingerprint density at radius 2 is 2.12 bits per heavy atom. The van der Waals surface area contributed by atoms with E-state index >= 15 is 0 Å². The molecule has 1 saturated heterocycles. The summed E-state index contributed by atoms with van der Waals surface area (Å²) in [5.41, 5.74) is 2.35. The number of carboxylic acids is 1. The lowest BCUT2D eigenvalue weighted by Crippen LogP contribution is -2.45. The molecule has 2 rings (SSSR count). The topological polar surface area (TPSA) is 40.5 Å². The molecule has 1 fully saturated rings. The molecule has 3 nitrogen and oxygen atoms in total. The van der Waals surface area contributed by atoms with E-state index < -0.39 is 5.97 Å². The second-order valence-corrected chi connectivity index (χ2v) is 4.92. The number of nitrogens with zero attached hydrogens (tertiary/aromatic N) is 1. The Bertz CT molecular complexity index is 399. The fourth-order valence-corrected chi connectivity index (χ4v) is 2.27. The zero-order chi connectivity index (χ0) is 12.4. The Morgan fingerprint density at radius 1 is 1.47 bits per heavy atom. The number of hydrogen-bond acceptors (Lipinski definition) is 2. The van der Waals surface area contributed by atoms with Gasteiger partial charge in [0.15, 0.2) is 0 Å². The van der Waals surface area contributed by atoms with Crippen molar-refractivity contribution in [3.63, 3.8) is 0 Å². The summed E-state index contributed by atoms with van der Waals surface area (Å²) in [4.78, 5) is 13.0. The lowest BCUT2D eigenvalue weighted by atomic mass is 9.96. The van der Waals surface area contributed by atoms with Gasteiger partial charge in [-0.05, 0) is 37.0 Å². The Morgan fingerprint density at radius 3 is 2.53 bits per heavy atom. The van der Waals surface area contributed by atoms with Gasteiger partial charge in [-0.2, -0.15) is 0 Å². The van der Waals surface area contributed by atoms with Crippen molar-refractivity contribution in [2.24, 2.45) is 0 Å². The average molecular weight is 233 g/mol. The maximum Gasteiger partial charge on any atom is 0.303 e. The van der Waals surface area contributed by atoms with Crippen molar-refractivity contribution in [2.75, 3.05) is 11.4 Å². The highest BCUT2D eigenvalue weighted by atomic mass is 16.4. The third-order valence-electron chi connectivity index (χ3n) is 3.59. The molecule has 0 aromatic heterocycles.